The molecular weight excluding hydrogens is 219 g/mol. The first-order valence-electron chi connectivity index (χ1n) is 4.47. The molecule has 1 aliphatic carbocycles. The maximum atomic E-state index is 4.66. The fraction of sp³-hybridized carbons (Fsp3) is 0.0909. The Labute approximate surface area is 83.4 Å². The van der Waals surface area contributed by atoms with Gasteiger partial charge in [0.1, 0.15) is 0 Å². The molecule has 2 heteroatoms. The van der Waals surface area contributed by atoms with Crippen molar-refractivity contribution in [3.05, 3.63) is 52.1 Å². The third-order valence-corrected chi connectivity index (χ3v) is 4.29. The van der Waals surface area contributed by atoms with Crippen LogP contribution in [0.15, 0.2) is 44.8 Å². The molecule has 1 nitrogen and oxygen atoms in total. The van der Waals surface area contributed by atoms with E-state index in [9.17, 15) is 0 Å². The van der Waals surface area contributed by atoms with Crippen molar-refractivity contribution >= 4 is 20.8 Å². The van der Waals surface area contributed by atoms with E-state index < -0.39 is 15.2 Å². The summed E-state index contributed by atoms with van der Waals surface area (Å²) in [6.07, 6.45) is 3.33. The van der Waals surface area contributed by atoms with Gasteiger partial charge in [0.2, 0.25) is 0 Å². The van der Waals surface area contributed by atoms with Crippen LogP contribution in [0.5, 0.6) is 0 Å². The average molecular weight is 228 g/mol. The summed E-state index contributed by atoms with van der Waals surface area (Å²) in [7, 11) is 0. The Morgan fingerprint density at radius 2 is 2.15 bits per heavy atom. The Morgan fingerprint density at radius 1 is 1.23 bits per heavy atom. The zero-order valence-corrected chi connectivity index (χ0v) is 9.62. The van der Waals surface area contributed by atoms with Crippen LogP contribution >= 0.6 is 0 Å². The monoisotopic (exact) mass is 229 g/mol. The Kier molecular flexibility index (Phi) is 1.59. The topological polar surface area (TPSA) is 12.4 Å². The van der Waals surface area contributed by atoms with Crippen molar-refractivity contribution in [1.82, 2.24) is 0 Å². The number of nitrogens with zero attached hydrogens (tertiary/aromatic N) is 1. The molecule has 1 aromatic carbocycles. The number of allylic oxidation sites excluding steroid dienone is 3. The second-order valence-corrected chi connectivity index (χ2v) is 5.31. The molecular formula is C11H9GeN. The molecule has 0 fully saturated rings. The zero-order valence-electron chi connectivity index (χ0n) is 7.20. The molecule has 2 aliphatic rings. The molecule has 3 rings (SSSR count). The molecule has 0 radical (unpaired) electrons. The standard InChI is InChI=1S/C11H9GeN/c1-2-4-9-8(3-1)7-11-10(9)5-6-12-13-11/h1-6,12H,7H2. The molecule has 62 valence electrons. The summed E-state index contributed by atoms with van der Waals surface area (Å²) in [5.41, 5.74) is 5.55. The van der Waals surface area contributed by atoms with E-state index in [-0.39, 0.29) is 0 Å². The van der Waals surface area contributed by atoms with E-state index in [4.69, 9.17) is 0 Å². The van der Waals surface area contributed by atoms with E-state index in [2.05, 4.69) is 39.2 Å². The van der Waals surface area contributed by atoms with Gasteiger partial charge < -0.3 is 0 Å². The van der Waals surface area contributed by atoms with Crippen LogP contribution in [0.25, 0.3) is 5.57 Å². The predicted molar refractivity (Wildman–Crippen MR) is 55.8 cm³/mol. The first-order chi connectivity index (χ1) is 6.45. The molecule has 0 atom stereocenters. The quantitative estimate of drug-likeness (QED) is 0.602. The van der Waals surface area contributed by atoms with Gasteiger partial charge in [-0.2, -0.15) is 0 Å². The summed E-state index contributed by atoms with van der Waals surface area (Å²) in [4.78, 5) is 2.28. The Morgan fingerprint density at radius 3 is 3.15 bits per heavy atom. The van der Waals surface area contributed by atoms with E-state index in [1.807, 2.05) is 0 Å². The van der Waals surface area contributed by atoms with Crippen molar-refractivity contribution in [1.29, 1.82) is 0 Å². The van der Waals surface area contributed by atoms with Crippen molar-refractivity contribution in [2.45, 2.75) is 6.42 Å². The summed E-state index contributed by atoms with van der Waals surface area (Å²) in [6, 6.07) is 8.63. The molecule has 0 bridgehead atoms. The number of benzene rings is 1. The van der Waals surface area contributed by atoms with Gasteiger partial charge in [0.15, 0.2) is 0 Å². The second-order valence-electron chi connectivity index (χ2n) is 3.33. The Hall–Kier alpha value is -0.957. The van der Waals surface area contributed by atoms with E-state index in [0.29, 0.717) is 0 Å². The van der Waals surface area contributed by atoms with E-state index in [1.165, 1.54) is 22.4 Å². The van der Waals surface area contributed by atoms with Gasteiger partial charge in [-0.25, -0.2) is 0 Å². The fourth-order valence-electron chi connectivity index (χ4n) is 1.94. The van der Waals surface area contributed by atoms with E-state index >= 15 is 0 Å². The number of hydrogen-bond acceptors (Lipinski definition) is 1. The third-order valence-electron chi connectivity index (χ3n) is 2.56. The van der Waals surface area contributed by atoms with Gasteiger partial charge in [0.05, 0.1) is 0 Å². The van der Waals surface area contributed by atoms with Crippen LogP contribution in [0.3, 0.4) is 0 Å². The normalized spacial score (nSPS) is 17.5. The second kappa shape index (κ2) is 2.77. The SMILES string of the molecule is [CH]1=CC2=C(Cc3ccccc32)[N]=[GeH]1. The van der Waals surface area contributed by atoms with Crippen LogP contribution in [0.4, 0.5) is 0 Å². The summed E-state index contributed by atoms with van der Waals surface area (Å²) >= 11 is -0.411. The van der Waals surface area contributed by atoms with Crippen molar-refractivity contribution in [2.75, 3.05) is 0 Å². The van der Waals surface area contributed by atoms with Gasteiger partial charge in [-0.05, 0) is 0 Å². The van der Waals surface area contributed by atoms with Gasteiger partial charge in [-0.3, -0.25) is 0 Å². The summed E-state index contributed by atoms with van der Waals surface area (Å²) < 4.78 is 4.66. The maximum absolute atomic E-state index is 4.66. The van der Waals surface area contributed by atoms with Crippen molar-refractivity contribution < 1.29 is 0 Å². The molecule has 0 spiro atoms. The molecule has 0 amide bonds. The van der Waals surface area contributed by atoms with Crippen molar-refractivity contribution in [3.8, 4) is 0 Å². The van der Waals surface area contributed by atoms with Crippen LogP contribution < -0.4 is 0 Å². The number of hydrogen-bond donors (Lipinski definition) is 0. The van der Waals surface area contributed by atoms with E-state index in [1.54, 1.807) is 0 Å². The average Bonchev–Trinajstić information content (AvgIpc) is 2.56. The molecule has 13 heavy (non-hydrogen) atoms. The Bertz CT molecular complexity index is 455. The first kappa shape index (κ1) is 7.45. The Balaban J connectivity index is 2.24. The van der Waals surface area contributed by atoms with Crippen molar-refractivity contribution in [2.24, 2.45) is 3.90 Å². The van der Waals surface area contributed by atoms with Crippen LogP contribution in [-0.2, 0) is 6.42 Å². The fourth-order valence-corrected chi connectivity index (χ4v) is 3.57. The molecule has 1 aliphatic heterocycles. The van der Waals surface area contributed by atoms with Gasteiger partial charge in [-0.15, -0.1) is 0 Å². The zero-order chi connectivity index (χ0) is 8.67. The summed E-state index contributed by atoms with van der Waals surface area (Å²) in [5, 5.41) is 0. The van der Waals surface area contributed by atoms with Gasteiger partial charge in [-0.1, -0.05) is 0 Å². The van der Waals surface area contributed by atoms with Crippen molar-refractivity contribution in [3.63, 3.8) is 0 Å². The molecule has 1 aromatic rings. The van der Waals surface area contributed by atoms with Crippen LogP contribution in [0.1, 0.15) is 11.1 Å². The van der Waals surface area contributed by atoms with Crippen LogP contribution in [0.2, 0.25) is 0 Å². The molecule has 1 heterocycles. The molecule has 0 saturated carbocycles. The minimum atomic E-state index is -0.411. The molecule has 0 saturated heterocycles. The summed E-state index contributed by atoms with van der Waals surface area (Å²) in [5.74, 6) is 0. The van der Waals surface area contributed by atoms with Gasteiger partial charge in [0, 0.05) is 0 Å². The predicted octanol–water partition coefficient (Wildman–Crippen LogP) is 2.10. The van der Waals surface area contributed by atoms with Crippen LogP contribution in [-0.4, -0.2) is 15.2 Å². The minimum absolute atomic E-state index is 0.411. The first-order valence-corrected chi connectivity index (χ1v) is 6.95. The summed E-state index contributed by atoms with van der Waals surface area (Å²) in [6.45, 7) is 0. The van der Waals surface area contributed by atoms with Gasteiger partial charge >= 0.3 is 83.2 Å². The number of fused-ring (bicyclic) bond motifs is 2. The molecule has 0 N–H and O–H groups in total. The number of rotatable bonds is 0. The molecule has 0 aromatic heterocycles. The van der Waals surface area contributed by atoms with Gasteiger partial charge in [0.25, 0.3) is 0 Å². The molecule has 0 unspecified atom stereocenters. The third kappa shape index (κ3) is 1.07. The van der Waals surface area contributed by atoms with Crippen LogP contribution in [0, 0.1) is 0 Å². The van der Waals surface area contributed by atoms with E-state index in [0.717, 1.165) is 6.42 Å².